The van der Waals surface area contributed by atoms with Gasteiger partial charge >= 0.3 is 5.97 Å². The van der Waals surface area contributed by atoms with Gasteiger partial charge in [-0.05, 0) is 43.5 Å². The molecule has 0 saturated heterocycles. The summed E-state index contributed by atoms with van der Waals surface area (Å²) in [6.45, 7) is 1.26. The van der Waals surface area contributed by atoms with Crippen LogP contribution in [0.5, 0.6) is 5.75 Å². The van der Waals surface area contributed by atoms with Gasteiger partial charge in [-0.25, -0.2) is 9.78 Å². The Morgan fingerprint density at radius 1 is 1.32 bits per heavy atom. The fourth-order valence-electron chi connectivity index (χ4n) is 3.62. The van der Waals surface area contributed by atoms with Crippen LogP contribution in [0.15, 0.2) is 35.1 Å². The maximum Gasteiger partial charge on any atom is 0.342 e. The highest BCUT2D eigenvalue weighted by molar-refractivity contribution is 7.79. The number of nitrogens with zero attached hydrogens (tertiary/aromatic N) is 2. The molecule has 2 aliphatic rings. The Balaban J connectivity index is 0.000000994. The molecular weight excluding hydrogens is 380 g/mol. The summed E-state index contributed by atoms with van der Waals surface area (Å²) < 4.78 is 14.9. The molecule has 2 aromatic heterocycles. The lowest BCUT2D eigenvalue weighted by atomic mass is 9.90. The van der Waals surface area contributed by atoms with Crippen molar-refractivity contribution in [2.24, 2.45) is 0 Å². The molecule has 0 amide bonds. The summed E-state index contributed by atoms with van der Waals surface area (Å²) in [4.78, 5) is 29.5. The lowest BCUT2D eigenvalue weighted by molar-refractivity contribution is -0.169. The molecule has 1 aromatic carbocycles. The average Bonchev–Trinajstić information content (AvgIpc) is 3.07. The van der Waals surface area contributed by atoms with Crippen molar-refractivity contribution in [2.75, 3.05) is 6.26 Å². The van der Waals surface area contributed by atoms with Crippen molar-refractivity contribution in [2.45, 2.75) is 25.7 Å². The zero-order valence-corrected chi connectivity index (χ0v) is 16.1. The predicted molar refractivity (Wildman–Crippen MR) is 106 cm³/mol. The molecule has 2 aliphatic heterocycles. The number of rotatable bonds is 0. The van der Waals surface area contributed by atoms with Gasteiger partial charge in [0.25, 0.3) is 5.56 Å². The molecule has 0 aliphatic carbocycles. The normalized spacial score (nSPS) is 19.7. The summed E-state index contributed by atoms with van der Waals surface area (Å²) in [5, 5.41) is 20.7. The number of hydrogen-bond donors (Lipinski definition) is 3. The molecule has 2 N–H and O–H groups in total. The average molecular weight is 400 g/mol. The first-order valence-electron chi connectivity index (χ1n) is 9.03. The quantitative estimate of drug-likeness (QED) is 0.308. The Bertz CT molecular complexity index is 1250. The first-order valence-corrected chi connectivity index (χ1v) is 9.42. The van der Waals surface area contributed by atoms with Crippen molar-refractivity contribution in [3.63, 3.8) is 0 Å². The smallest absolute Gasteiger partial charge is 0.342 e. The van der Waals surface area contributed by atoms with Gasteiger partial charge in [-0.2, -0.15) is 12.6 Å². The number of benzene rings is 1. The Morgan fingerprint density at radius 2 is 2.07 bits per heavy atom. The number of esters is 1. The summed E-state index contributed by atoms with van der Waals surface area (Å²) in [6, 6.07) is 6.33. The van der Waals surface area contributed by atoms with E-state index < -0.39 is 11.6 Å². The number of fused-ring (bicyclic) bond motifs is 5. The van der Waals surface area contributed by atoms with E-state index in [0.29, 0.717) is 27.9 Å². The second kappa shape index (κ2) is 6.35. The van der Waals surface area contributed by atoms with Crippen LogP contribution in [-0.4, -0.2) is 32.0 Å². The van der Waals surface area contributed by atoms with E-state index in [-0.39, 0.29) is 41.6 Å². The number of carbonyl (C=O) groups is 1. The summed E-state index contributed by atoms with van der Waals surface area (Å²) >= 11 is 3.53. The third-order valence-electron chi connectivity index (χ3n) is 5.01. The second-order valence-corrected chi connectivity index (χ2v) is 6.73. The van der Waals surface area contributed by atoms with Gasteiger partial charge < -0.3 is 19.5 Å². The summed E-state index contributed by atoms with van der Waals surface area (Å²) in [5.74, 6) is -0.770. The van der Waals surface area contributed by atoms with Crippen LogP contribution in [0.25, 0.3) is 22.3 Å². The number of ether oxygens (including phenoxy) is 1. The maximum atomic E-state index is 13.0. The van der Waals surface area contributed by atoms with Crippen LogP contribution in [0.4, 0.5) is 0 Å². The van der Waals surface area contributed by atoms with Crippen molar-refractivity contribution < 1.29 is 21.1 Å². The van der Waals surface area contributed by atoms with E-state index in [0.717, 1.165) is 0 Å². The highest BCUT2D eigenvalue weighted by Crippen LogP contribution is 2.37. The van der Waals surface area contributed by atoms with Gasteiger partial charge in [-0.15, -0.1) is 0 Å². The van der Waals surface area contributed by atoms with Crippen molar-refractivity contribution in [3.05, 3.63) is 57.4 Å². The van der Waals surface area contributed by atoms with Crippen LogP contribution in [0.3, 0.4) is 0 Å². The molecule has 28 heavy (non-hydrogen) atoms. The van der Waals surface area contributed by atoms with Gasteiger partial charge in [-0.3, -0.25) is 4.79 Å². The molecule has 144 valence electrons. The standard InChI is InChI=1S/C19H14N2O5.CH4S/c1-19(25)13-6-15-16-10(4-9-5-11(22)2-3-14(9)20-16)7-21(15)17(23)12(13)8-26-18(19)24;1-2/h2-6,22,25H,7-8H2,1H3;2H,1H3/t19-;/m0./s1/i4T;. The Labute approximate surface area is 167 Å². The largest absolute Gasteiger partial charge is 0.508 e. The van der Waals surface area contributed by atoms with Crippen molar-refractivity contribution >= 4 is 29.5 Å². The SMILES string of the molecule is CS.[3H]c1c2c(nc3ccc(O)cc13)-c1cc3c(c(=O)n1C2)COC(=O)[C@@]3(C)O. The summed E-state index contributed by atoms with van der Waals surface area (Å²) in [7, 11) is 0. The number of phenols is 1. The molecule has 0 saturated carbocycles. The monoisotopic (exact) mass is 400 g/mol. The first-order chi connectivity index (χ1) is 13.8. The summed E-state index contributed by atoms with van der Waals surface area (Å²) in [5.41, 5.74) is 0.129. The summed E-state index contributed by atoms with van der Waals surface area (Å²) in [6.07, 6.45) is 1.69. The molecule has 0 radical (unpaired) electrons. The van der Waals surface area contributed by atoms with Gasteiger partial charge in [0, 0.05) is 16.5 Å². The molecule has 3 aromatic rings. The fourth-order valence-corrected chi connectivity index (χ4v) is 3.62. The van der Waals surface area contributed by atoms with Crippen LogP contribution in [0, 0.1) is 0 Å². The molecule has 0 fully saturated rings. The van der Waals surface area contributed by atoms with Gasteiger partial charge in [0.15, 0.2) is 5.60 Å². The number of hydrogen-bond acceptors (Lipinski definition) is 7. The number of thiol groups is 1. The Kier molecular flexibility index (Phi) is 3.92. The minimum absolute atomic E-state index is 0.0348. The van der Waals surface area contributed by atoms with Gasteiger partial charge in [0.2, 0.25) is 0 Å². The number of pyridine rings is 2. The number of carbonyl (C=O) groups excluding carboxylic acids is 1. The van der Waals surface area contributed by atoms with Crippen LogP contribution in [0.2, 0.25) is 0 Å². The predicted octanol–water partition coefficient (Wildman–Crippen LogP) is 1.94. The third-order valence-corrected chi connectivity index (χ3v) is 5.01. The van der Waals surface area contributed by atoms with Gasteiger partial charge in [0.1, 0.15) is 12.4 Å². The maximum absolute atomic E-state index is 13.0. The molecular formula is C20H18N2O5S. The first kappa shape index (κ1) is 17.3. The van der Waals surface area contributed by atoms with E-state index in [9.17, 15) is 19.8 Å². The van der Waals surface area contributed by atoms with Crippen LogP contribution < -0.4 is 5.56 Å². The number of aromatic nitrogens is 2. The molecule has 7 nitrogen and oxygen atoms in total. The molecule has 0 bridgehead atoms. The van der Waals surface area contributed by atoms with E-state index in [4.69, 9.17) is 6.11 Å². The fraction of sp³-hybridized carbons (Fsp3) is 0.250. The van der Waals surface area contributed by atoms with E-state index in [1.165, 1.54) is 23.6 Å². The minimum atomic E-state index is -1.92. The third kappa shape index (κ3) is 2.52. The topological polar surface area (TPSA) is 102 Å². The Morgan fingerprint density at radius 3 is 2.82 bits per heavy atom. The molecule has 1 atom stereocenters. The molecule has 5 rings (SSSR count). The van der Waals surface area contributed by atoms with E-state index in [1.54, 1.807) is 18.4 Å². The lowest BCUT2D eigenvalue weighted by Gasteiger charge is -2.29. The Hall–Kier alpha value is -2.84. The van der Waals surface area contributed by atoms with Crippen molar-refractivity contribution in [3.8, 4) is 17.1 Å². The van der Waals surface area contributed by atoms with Crippen LogP contribution in [-0.2, 0) is 28.3 Å². The zero-order valence-electron chi connectivity index (χ0n) is 16.2. The number of aliphatic hydroxyl groups is 1. The molecule has 0 unspecified atom stereocenters. The van der Waals surface area contributed by atoms with E-state index in [2.05, 4.69) is 17.6 Å². The van der Waals surface area contributed by atoms with Gasteiger partial charge in [-0.1, -0.05) is 0 Å². The number of aromatic hydroxyl groups is 1. The minimum Gasteiger partial charge on any atom is -0.508 e. The van der Waals surface area contributed by atoms with Gasteiger partial charge in [0.05, 0.1) is 30.4 Å². The number of cyclic esters (lactones) is 1. The molecule has 4 heterocycles. The van der Waals surface area contributed by atoms with Crippen molar-refractivity contribution in [1.82, 2.24) is 9.55 Å². The van der Waals surface area contributed by atoms with E-state index >= 15 is 0 Å². The van der Waals surface area contributed by atoms with Crippen LogP contribution in [0.1, 0.15) is 25.0 Å². The highest BCUT2D eigenvalue weighted by atomic mass is 32.1. The molecule has 0 spiro atoms. The zero-order chi connectivity index (χ0) is 21.1. The van der Waals surface area contributed by atoms with Crippen LogP contribution >= 0.6 is 12.6 Å². The lowest BCUT2D eigenvalue weighted by Crippen LogP contribution is -2.42. The molecule has 8 heteroatoms. The second-order valence-electron chi connectivity index (χ2n) is 6.73. The van der Waals surface area contributed by atoms with E-state index in [1.807, 2.05) is 0 Å². The highest BCUT2D eigenvalue weighted by Gasteiger charge is 2.42. The van der Waals surface area contributed by atoms with Crippen molar-refractivity contribution in [1.29, 1.82) is 0 Å². The number of phenolic OH excluding ortho intramolecular Hbond substituents is 1.